The van der Waals surface area contributed by atoms with Crippen molar-refractivity contribution in [3.8, 4) is 11.3 Å². The molecule has 1 aliphatic rings. The van der Waals surface area contributed by atoms with Gasteiger partial charge in [0.2, 0.25) is 0 Å². The summed E-state index contributed by atoms with van der Waals surface area (Å²) in [6.45, 7) is 0. The zero-order valence-corrected chi connectivity index (χ0v) is 19.3. The number of rotatable bonds is 4. The van der Waals surface area contributed by atoms with Crippen LogP contribution in [0.5, 0.6) is 0 Å². The van der Waals surface area contributed by atoms with E-state index >= 15 is 0 Å². The number of nitrogens with zero attached hydrogens (tertiary/aromatic N) is 1. The molecule has 31 heavy (non-hydrogen) atoms. The first-order chi connectivity index (χ1) is 14.8. The molecule has 0 saturated carbocycles. The lowest BCUT2D eigenvalue weighted by molar-refractivity contribution is -0.115. The van der Waals surface area contributed by atoms with Crippen LogP contribution in [0.1, 0.15) is 16.1 Å². The molecule has 0 bridgehead atoms. The van der Waals surface area contributed by atoms with Crippen molar-refractivity contribution < 1.29 is 19.1 Å². The number of carbonyl (C=O) groups excluding carboxylic acids is 1. The third kappa shape index (κ3) is 4.88. The maximum atomic E-state index is 12.3. The van der Waals surface area contributed by atoms with E-state index in [-0.39, 0.29) is 11.5 Å². The maximum absolute atomic E-state index is 12.3. The maximum Gasteiger partial charge on any atom is 0.335 e. The molecular weight excluding hydrogens is 527 g/mol. The Morgan fingerprint density at radius 1 is 1.13 bits per heavy atom. The van der Waals surface area contributed by atoms with Crippen LogP contribution in [0.15, 0.2) is 67.3 Å². The van der Waals surface area contributed by atoms with Gasteiger partial charge in [-0.1, -0.05) is 23.2 Å². The van der Waals surface area contributed by atoms with Crippen LogP contribution in [0.2, 0.25) is 10.0 Å². The zero-order valence-electron chi connectivity index (χ0n) is 15.4. The van der Waals surface area contributed by atoms with Gasteiger partial charge < -0.3 is 14.8 Å². The Balaban J connectivity index is 1.58. The molecule has 0 atom stereocenters. The van der Waals surface area contributed by atoms with Crippen molar-refractivity contribution in [1.29, 1.82) is 0 Å². The summed E-state index contributed by atoms with van der Waals surface area (Å²) in [5.74, 6) is -0.570. The molecular formula is C21H11BrCl2N2O4S. The van der Waals surface area contributed by atoms with Gasteiger partial charge in [-0.25, -0.2) is 9.79 Å². The number of nitrogens with one attached hydrogen (secondary N) is 1. The van der Waals surface area contributed by atoms with Crippen molar-refractivity contribution in [2.75, 3.05) is 0 Å². The van der Waals surface area contributed by atoms with Crippen LogP contribution in [0, 0.1) is 0 Å². The molecule has 1 fully saturated rings. The molecule has 156 valence electrons. The van der Waals surface area contributed by atoms with E-state index in [1.54, 1.807) is 36.4 Å². The number of hydrogen-bond acceptors (Lipinski definition) is 5. The molecule has 0 spiro atoms. The van der Waals surface area contributed by atoms with Crippen molar-refractivity contribution in [2.24, 2.45) is 4.99 Å². The highest BCUT2D eigenvalue weighted by Crippen LogP contribution is 2.34. The minimum Gasteiger partial charge on any atom is -0.478 e. The average molecular weight is 538 g/mol. The van der Waals surface area contributed by atoms with E-state index < -0.39 is 5.97 Å². The van der Waals surface area contributed by atoms with E-state index in [1.165, 1.54) is 18.2 Å². The summed E-state index contributed by atoms with van der Waals surface area (Å²) in [7, 11) is 0. The highest BCUT2D eigenvalue weighted by molar-refractivity contribution is 9.10. The van der Waals surface area contributed by atoms with Crippen molar-refractivity contribution in [3.63, 3.8) is 0 Å². The lowest BCUT2D eigenvalue weighted by Crippen LogP contribution is -2.19. The number of amides is 1. The molecule has 0 radical (unpaired) electrons. The average Bonchev–Trinajstić information content (AvgIpc) is 3.32. The summed E-state index contributed by atoms with van der Waals surface area (Å²) in [5, 5.41) is 13.2. The SMILES string of the molecule is O=C1NC(=Nc2ccc(Br)c(Cl)c2)S/C1=C\c1ccc(-c2cc(C(=O)O)ccc2Cl)o1. The summed E-state index contributed by atoms with van der Waals surface area (Å²) >= 11 is 16.8. The number of amidine groups is 1. The number of carboxylic acids is 1. The first-order valence-electron chi connectivity index (χ1n) is 8.68. The molecule has 1 aromatic heterocycles. The quantitative estimate of drug-likeness (QED) is 0.365. The number of aromatic carboxylic acids is 1. The molecule has 4 rings (SSSR count). The Labute approximate surface area is 199 Å². The number of halogens is 3. The molecule has 1 amide bonds. The van der Waals surface area contributed by atoms with E-state index in [2.05, 4.69) is 26.2 Å². The molecule has 0 unspecified atom stereocenters. The first kappa shape index (κ1) is 21.7. The number of carboxylic acid groups (broad SMARTS) is 1. The third-order valence-corrected chi connectivity index (χ3v) is 6.64. The lowest BCUT2D eigenvalue weighted by atomic mass is 10.1. The molecule has 1 aliphatic heterocycles. The molecule has 2 heterocycles. The van der Waals surface area contributed by atoms with Gasteiger partial charge in [-0.05, 0) is 76.2 Å². The standard InChI is InChI=1S/C21H11BrCl2N2O4S/c22-14-4-2-11(8-16(14)24)25-21-26-19(27)18(31-21)9-12-3-6-17(30-12)13-7-10(20(28)29)1-5-15(13)23/h1-9H,(H,28,29)(H,25,26,27)/b18-9-. The van der Waals surface area contributed by atoms with E-state index in [1.807, 2.05) is 0 Å². The highest BCUT2D eigenvalue weighted by atomic mass is 79.9. The van der Waals surface area contributed by atoms with Crippen LogP contribution < -0.4 is 5.32 Å². The fraction of sp³-hybridized carbons (Fsp3) is 0. The number of hydrogen-bond donors (Lipinski definition) is 2. The number of furan rings is 1. The minimum absolute atomic E-state index is 0.0929. The molecule has 1 saturated heterocycles. The number of benzene rings is 2. The number of carbonyl (C=O) groups is 2. The molecule has 0 aliphatic carbocycles. The van der Waals surface area contributed by atoms with Crippen LogP contribution in [0.25, 0.3) is 17.4 Å². The smallest absolute Gasteiger partial charge is 0.335 e. The van der Waals surface area contributed by atoms with Gasteiger partial charge in [-0.3, -0.25) is 4.79 Å². The summed E-state index contributed by atoms with van der Waals surface area (Å²) in [4.78, 5) is 28.3. The van der Waals surface area contributed by atoms with Crippen LogP contribution in [0.4, 0.5) is 5.69 Å². The summed E-state index contributed by atoms with van der Waals surface area (Å²) in [6.07, 6.45) is 1.58. The normalized spacial score (nSPS) is 16.2. The fourth-order valence-electron chi connectivity index (χ4n) is 2.70. The van der Waals surface area contributed by atoms with Crippen molar-refractivity contribution in [1.82, 2.24) is 5.32 Å². The van der Waals surface area contributed by atoms with E-state index in [0.717, 1.165) is 16.2 Å². The summed E-state index contributed by atoms with van der Waals surface area (Å²) < 4.78 is 6.52. The topological polar surface area (TPSA) is 91.9 Å². The second-order valence-electron chi connectivity index (χ2n) is 6.28. The Morgan fingerprint density at radius 3 is 2.68 bits per heavy atom. The molecule has 3 aromatic rings. The molecule has 10 heteroatoms. The highest BCUT2D eigenvalue weighted by Gasteiger charge is 2.24. The van der Waals surface area contributed by atoms with Crippen molar-refractivity contribution >= 4 is 79.7 Å². The zero-order chi connectivity index (χ0) is 22.1. The van der Waals surface area contributed by atoms with Gasteiger partial charge in [0.15, 0.2) is 5.17 Å². The minimum atomic E-state index is -1.07. The van der Waals surface area contributed by atoms with Crippen LogP contribution in [-0.4, -0.2) is 22.2 Å². The molecule has 6 nitrogen and oxygen atoms in total. The Morgan fingerprint density at radius 2 is 1.94 bits per heavy atom. The van der Waals surface area contributed by atoms with Gasteiger partial charge in [0.05, 0.1) is 26.2 Å². The second kappa shape index (κ2) is 8.92. The van der Waals surface area contributed by atoms with Gasteiger partial charge in [0.25, 0.3) is 5.91 Å². The predicted molar refractivity (Wildman–Crippen MR) is 126 cm³/mol. The fourth-order valence-corrected chi connectivity index (χ4v) is 4.16. The van der Waals surface area contributed by atoms with Gasteiger partial charge in [-0.15, -0.1) is 0 Å². The van der Waals surface area contributed by atoms with E-state index in [0.29, 0.717) is 42.9 Å². The second-order valence-corrected chi connectivity index (χ2v) is 8.98. The lowest BCUT2D eigenvalue weighted by Gasteiger charge is -2.02. The summed E-state index contributed by atoms with van der Waals surface area (Å²) in [6, 6.07) is 12.9. The van der Waals surface area contributed by atoms with Gasteiger partial charge in [0.1, 0.15) is 11.5 Å². The summed E-state index contributed by atoms with van der Waals surface area (Å²) in [5.41, 5.74) is 1.14. The largest absolute Gasteiger partial charge is 0.478 e. The Hall–Kier alpha value is -2.52. The van der Waals surface area contributed by atoms with Gasteiger partial charge in [0, 0.05) is 16.1 Å². The van der Waals surface area contributed by atoms with Crippen LogP contribution in [-0.2, 0) is 4.79 Å². The van der Waals surface area contributed by atoms with E-state index in [9.17, 15) is 14.7 Å². The van der Waals surface area contributed by atoms with Crippen molar-refractivity contribution in [3.05, 3.63) is 79.3 Å². The Kier molecular flexibility index (Phi) is 6.24. The Bertz CT molecular complexity index is 1290. The van der Waals surface area contributed by atoms with Crippen LogP contribution >= 0.6 is 50.9 Å². The molecule has 2 aromatic carbocycles. The van der Waals surface area contributed by atoms with Gasteiger partial charge >= 0.3 is 5.97 Å². The van der Waals surface area contributed by atoms with Crippen LogP contribution in [0.3, 0.4) is 0 Å². The van der Waals surface area contributed by atoms with E-state index in [4.69, 9.17) is 27.6 Å². The predicted octanol–water partition coefficient (Wildman–Crippen LogP) is 6.61. The van der Waals surface area contributed by atoms with Gasteiger partial charge in [-0.2, -0.15) is 0 Å². The number of thioether (sulfide) groups is 1. The first-order valence-corrected chi connectivity index (χ1v) is 11.0. The number of aliphatic imine (C=N–C) groups is 1. The molecule has 2 N–H and O–H groups in total. The monoisotopic (exact) mass is 536 g/mol. The van der Waals surface area contributed by atoms with Crippen molar-refractivity contribution in [2.45, 2.75) is 0 Å². The third-order valence-electron chi connectivity index (χ3n) is 4.16.